The first-order valence-electron chi connectivity index (χ1n) is 5.51. The van der Waals surface area contributed by atoms with E-state index < -0.39 is 0 Å². The summed E-state index contributed by atoms with van der Waals surface area (Å²) >= 11 is 0. The van der Waals surface area contributed by atoms with Crippen molar-refractivity contribution in [1.82, 2.24) is 19.5 Å². The summed E-state index contributed by atoms with van der Waals surface area (Å²) in [7, 11) is 0. The molecule has 2 heterocycles. The molecule has 4 heteroatoms. The van der Waals surface area contributed by atoms with Crippen LogP contribution in [0.4, 0.5) is 0 Å². The maximum absolute atomic E-state index is 4.45. The van der Waals surface area contributed by atoms with E-state index >= 15 is 0 Å². The number of imidazole rings is 1. The highest BCUT2D eigenvalue weighted by molar-refractivity contribution is 5.70. The van der Waals surface area contributed by atoms with Crippen LogP contribution in [0.2, 0.25) is 0 Å². The van der Waals surface area contributed by atoms with Crippen LogP contribution in [-0.4, -0.2) is 19.5 Å². The number of hydrogen-bond acceptors (Lipinski definition) is 3. The van der Waals surface area contributed by atoms with Crippen LogP contribution in [0.15, 0.2) is 42.9 Å². The zero-order valence-electron chi connectivity index (χ0n) is 9.54. The molecule has 0 aliphatic rings. The number of fused-ring (bicyclic) bond motifs is 1. The van der Waals surface area contributed by atoms with Gasteiger partial charge in [0.25, 0.3) is 0 Å². The van der Waals surface area contributed by atoms with Crippen molar-refractivity contribution >= 4 is 11.2 Å². The third kappa shape index (κ3) is 1.78. The van der Waals surface area contributed by atoms with Crippen molar-refractivity contribution in [2.45, 2.75) is 13.5 Å². The van der Waals surface area contributed by atoms with Gasteiger partial charge in [0.2, 0.25) is 0 Å². The first kappa shape index (κ1) is 9.96. The lowest BCUT2D eigenvalue weighted by atomic mass is 10.2. The Kier molecular flexibility index (Phi) is 2.33. The van der Waals surface area contributed by atoms with Gasteiger partial charge in [-0.05, 0) is 12.5 Å². The summed E-state index contributed by atoms with van der Waals surface area (Å²) in [6, 6.07) is 10.3. The zero-order valence-corrected chi connectivity index (χ0v) is 9.54. The van der Waals surface area contributed by atoms with Gasteiger partial charge in [-0.15, -0.1) is 0 Å². The molecule has 0 aliphatic heterocycles. The lowest BCUT2D eigenvalue weighted by Gasteiger charge is -2.05. The van der Waals surface area contributed by atoms with Crippen molar-refractivity contribution < 1.29 is 0 Å². The Morgan fingerprint density at radius 2 is 2.00 bits per heavy atom. The SMILES string of the molecule is Cc1nc2cncnc2n1Cc1ccccc1. The summed E-state index contributed by atoms with van der Waals surface area (Å²) in [4.78, 5) is 12.7. The number of aryl methyl sites for hydroxylation is 1. The molecule has 2 aromatic heterocycles. The van der Waals surface area contributed by atoms with E-state index in [2.05, 4.69) is 31.7 Å². The van der Waals surface area contributed by atoms with Crippen LogP contribution in [-0.2, 0) is 6.54 Å². The molecule has 4 nitrogen and oxygen atoms in total. The van der Waals surface area contributed by atoms with Crippen LogP contribution < -0.4 is 0 Å². The Bertz CT molecular complexity index is 643. The molecule has 0 atom stereocenters. The van der Waals surface area contributed by atoms with Crippen molar-refractivity contribution in [2.75, 3.05) is 0 Å². The summed E-state index contributed by atoms with van der Waals surface area (Å²) in [5.74, 6) is 0.962. The second-order valence-electron chi connectivity index (χ2n) is 3.96. The summed E-state index contributed by atoms with van der Waals surface area (Å²) < 4.78 is 2.10. The van der Waals surface area contributed by atoms with E-state index in [0.29, 0.717) is 0 Å². The molecule has 0 fully saturated rings. The molecule has 17 heavy (non-hydrogen) atoms. The molecule has 0 saturated carbocycles. The number of rotatable bonds is 2. The van der Waals surface area contributed by atoms with Gasteiger partial charge in [-0.2, -0.15) is 0 Å². The standard InChI is InChI=1S/C13H12N4/c1-10-16-12-7-14-9-15-13(12)17(10)8-11-5-3-2-4-6-11/h2-7,9H,8H2,1H3. The highest BCUT2D eigenvalue weighted by atomic mass is 15.1. The molecule has 0 unspecified atom stereocenters. The maximum Gasteiger partial charge on any atom is 0.163 e. The van der Waals surface area contributed by atoms with E-state index in [9.17, 15) is 0 Å². The van der Waals surface area contributed by atoms with Gasteiger partial charge in [-0.25, -0.2) is 15.0 Å². The van der Waals surface area contributed by atoms with Crippen molar-refractivity contribution in [3.63, 3.8) is 0 Å². The fraction of sp³-hybridized carbons (Fsp3) is 0.154. The molecule has 0 bridgehead atoms. The monoisotopic (exact) mass is 224 g/mol. The molecule has 0 saturated heterocycles. The van der Waals surface area contributed by atoms with E-state index in [1.807, 2.05) is 25.1 Å². The lowest BCUT2D eigenvalue weighted by molar-refractivity contribution is 0.777. The average Bonchev–Trinajstić information content (AvgIpc) is 2.68. The van der Waals surface area contributed by atoms with Crippen LogP contribution >= 0.6 is 0 Å². The molecule has 84 valence electrons. The minimum atomic E-state index is 0.792. The van der Waals surface area contributed by atoms with Crippen molar-refractivity contribution in [3.8, 4) is 0 Å². The largest absolute Gasteiger partial charge is 0.308 e. The Morgan fingerprint density at radius 3 is 2.82 bits per heavy atom. The third-order valence-electron chi connectivity index (χ3n) is 2.78. The van der Waals surface area contributed by atoms with Crippen LogP contribution in [0, 0.1) is 6.92 Å². The zero-order chi connectivity index (χ0) is 11.7. The van der Waals surface area contributed by atoms with E-state index in [1.165, 1.54) is 5.56 Å². The van der Waals surface area contributed by atoms with Crippen LogP contribution in [0.25, 0.3) is 11.2 Å². The Labute approximate surface area is 99.0 Å². The predicted molar refractivity (Wildman–Crippen MR) is 65.6 cm³/mol. The van der Waals surface area contributed by atoms with Gasteiger partial charge >= 0.3 is 0 Å². The second-order valence-corrected chi connectivity index (χ2v) is 3.96. The molecule has 3 aromatic rings. The third-order valence-corrected chi connectivity index (χ3v) is 2.78. The van der Waals surface area contributed by atoms with Crippen LogP contribution in [0.1, 0.15) is 11.4 Å². The molecular weight excluding hydrogens is 212 g/mol. The summed E-state index contributed by atoms with van der Waals surface area (Å²) in [5, 5.41) is 0. The van der Waals surface area contributed by atoms with Gasteiger partial charge in [-0.3, -0.25) is 0 Å². The van der Waals surface area contributed by atoms with Gasteiger partial charge in [0.05, 0.1) is 12.7 Å². The molecule has 0 N–H and O–H groups in total. The smallest absolute Gasteiger partial charge is 0.163 e. The van der Waals surface area contributed by atoms with Crippen molar-refractivity contribution in [3.05, 3.63) is 54.2 Å². The van der Waals surface area contributed by atoms with Crippen LogP contribution in [0.5, 0.6) is 0 Å². The molecular formula is C13H12N4. The minimum Gasteiger partial charge on any atom is -0.308 e. The number of aromatic nitrogens is 4. The highest BCUT2D eigenvalue weighted by Crippen LogP contribution is 2.14. The highest BCUT2D eigenvalue weighted by Gasteiger charge is 2.08. The molecule has 0 spiro atoms. The predicted octanol–water partition coefficient (Wildman–Crippen LogP) is 2.18. The molecule has 1 aromatic carbocycles. The van der Waals surface area contributed by atoms with Gasteiger partial charge in [0.15, 0.2) is 5.65 Å². The molecule has 0 aliphatic carbocycles. The fourth-order valence-electron chi connectivity index (χ4n) is 1.95. The molecule has 0 amide bonds. The first-order chi connectivity index (χ1) is 8.34. The summed E-state index contributed by atoms with van der Waals surface area (Å²) in [6.45, 7) is 2.78. The van der Waals surface area contributed by atoms with Gasteiger partial charge in [0.1, 0.15) is 17.7 Å². The van der Waals surface area contributed by atoms with Crippen LogP contribution in [0.3, 0.4) is 0 Å². The number of hydrogen-bond donors (Lipinski definition) is 0. The summed E-state index contributed by atoms with van der Waals surface area (Å²) in [5.41, 5.74) is 2.98. The first-order valence-corrected chi connectivity index (χ1v) is 5.51. The summed E-state index contributed by atoms with van der Waals surface area (Å²) in [6.07, 6.45) is 3.31. The maximum atomic E-state index is 4.45. The van der Waals surface area contributed by atoms with E-state index in [4.69, 9.17) is 0 Å². The van der Waals surface area contributed by atoms with Gasteiger partial charge < -0.3 is 4.57 Å². The van der Waals surface area contributed by atoms with E-state index in [0.717, 1.165) is 23.5 Å². The lowest BCUT2D eigenvalue weighted by Crippen LogP contribution is -2.02. The van der Waals surface area contributed by atoms with Crippen molar-refractivity contribution in [1.29, 1.82) is 0 Å². The number of nitrogens with zero attached hydrogens (tertiary/aromatic N) is 4. The second kappa shape index (κ2) is 3.97. The van der Waals surface area contributed by atoms with E-state index in [-0.39, 0.29) is 0 Å². The topological polar surface area (TPSA) is 43.6 Å². The van der Waals surface area contributed by atoms with Gasteiger partial charge in [-0.1, -0.05) is 30.3 Å². The fourth-order valence-corrected chi connectivity index (χ4v) is 1.95. The Hall–Kier alpha value is -2.23. The normalized spacial score (nSPS) is 10.9. The Balaban J connectivity index is 2.08. The Morgan fingerprint density at radius 1 is 1.18 bits per heavy atom. The molecule has 0 radical (unpaired) electrons. The number of benzene rings is 1. The van der Waals surface area contributed by atoms with Crippen molar-refractivity contribution in [2.24, 2.45) is 0 Å². The van der Waals surface area contributed by atoms with Gasteiger partial charge in [0, 0.05) is 0 Å². The van der Waals surface area contributed by atoms with E-state index in [1.54, 1.807) is 12.5 Å². The quantitative estimate of drug-likeness (QED) is 0.670. The average molecular weight is 224 g/mol. The molecule has 3 rings (SSSR count). The minimum absolute atomic E-state index is 0.792.